The van der Waals surface area contributed by atoms with Crippen LogP contribution in [0.3, 0.4) is 0 Å². The molecule has 1 aliphatic heterocycles. The molecule has 12 nitrogen and oxygen atoms in total. The third kappa shape index (κ3) is 11.4. The first-order valence-corrected chi connectivity index (χ1v) is 15.6. The summed E-state index contributed by atoms with van der Waals surface area (Å²) in [6.07, 6.45) is 0. The number of sulfonamides is 2. The first-order chi connectivity index (χ1) is 19.0. The molecule has 2 aromatic rings. The summed E-state index contributed by atoms with van der Waals surface area (Å²) < 4.78 is 68.3. The van der Waals surface area contributed by atoms with E-state index in [0.717, 1.165) is 11.1 Å². The van der Waals surface area contributed by atoms with E-state index >= 15 is 0 Å². The molecule has 1 fully saturated rings. The van der Waals surface area contributed by atoms with Crippen molar-refractivity contribution in [2.75, 3.05) is 65.7 Å². The standard InChI is InChI=1S/C26H34N4O8S2.Y/c1-21-3-7-23(8-4-21)39(33,34)27-19-25(31)29-11-15-37-17-13-30(14-18-38-16-12-29)26(32)20-28-40(35,36)24-9-5-22(2)6-10-24;/h3-10H,11-20H2,1-2H3;/q-2;. The first-order valence-electron chi connectivity index (χ1n) is 12.7. The topological polar surface area (TPSA) is 156 Å². The Balaban J connectivity index is 0.00000588. The summed E-state index contributed by atoms with van der Waals surface area (Å²) in [5, 5.41) is 0. The van der Waals surface area contributed by atoms with Crippen molar-refractivity contribution < 1.29 is 68.6 Å². The molecule has 0 unspecified atom stereocenters. The minimum Gasteiger partial charge on any atom is -0.537 e. The Morgan fingerprint density at radius 3 is 1.22 bits per heavy atom. The number of rotatable bonds is 8. The van der Waals surface area contributed by atoms with E-state index in [1.807, 2.05) is 13.8 Å². The van der Waals surface area contributed by atoms with Gasteiger partial charge in [-0.15, -0.1) is 0 Å². The summed E-state index contributed by atoms with van der Waals surface area (Å²) in [6, 6.07) is 12.4. The van der Waals surface area contributed by atoms with Crippen LogP contribution in [0.5, 0.6) is 0 Å². The van der Waals surface area contributed by atoms with E-state index in [1.165, 1.54) is 34.1 Å². The SMILES string of the molecule is Cc1ccc(S(=O)(=O)[N-]CC(=O)N2CCOCCN(C(=O)C[N-]S(=O)(=O)c3ccc(C)cc3)CCOCC2)cc1.[Y]. The third-order valence-electron chi connectivity index (χ3n) is 6.10. The maximum absolute atomic E-state index is 12.7. The second-order valence-electron chi connectivity index (χ2n) is 9.14. The zero-order valence-electron chi connectivity index (χ0n) is 23.1. The Hall–Kier alpha value is -1.78. The Bertz CT molecular complexity index is 1240. The van der Waals surface area contributed by atoms with Gasteiger partial charge in [0, 0.05) is 68.7 Å². The van der Waals surface area contributed by atoms with Crippen LogP contribution in [0.1, 0.15) is 11.1 Å². The summed E-state index contributed by atoms with van der Waals surface area (Å²) in [5.41, 5.74) is 1.81. The molecule has 0 saturated carbocycles. The Morgan fingerprint density at radius 1 is 0.634 bits per heavy atom. The predicted octanol–water partition coefficient (Wildman–Crippen LogP) is 1.83. The summed E-state index contributed by atoms with van der Waals surface area (Å²) in [7, 11) is -7.93. The van der Waals surface area contributed by atoms with Crippen LogP contribution < -0.4 is 0 Å². The van der Waals surface area contributed by atoms with Crippen LogP contribution >= 0.6 is 0 Å². The van der Waals surface area contributed by atoms with Gasteiger partial charge in [-0.1, -0.05) is 48.5 Å². The van der Waals surface area contributed by atoms with Crippen molar-refractivity contribution in [1.82, 2.24) is 9.80 Å². The molecular formula is C26H34N4O8S2Y-2. The number of ether oxygens (including phenoxy) is 2. The zero-order chi connectivity index (χ0) is 29.2. The fraction of sp³-hybridized carbons (Fsp3) is 0.462. The van der Waals surface area contributed by atoms with E-state index in [-0.39, 0.29) is 95.1 Å². The van der Waals surface area contributed by atoms with Crippen molar-refractivity contribution in [3.05, 3.63) is 69.1 Å². The van der Waals surface area contributed by atoms with Crippen LogP contribution in [0.15, 0.2) is 58.3 Å². The molecule has 15 heteroatoms. The number of benzene rings is 2. The van der Waals surface area contributed by atoms with Gasteiger partial charge in [-0.2, -0.15) is 0 Å². The number of hydrogen-bond acceptors (Lipinski definition) is 8. The fourth-order valence-electron chi connectivity index (χ4n) is 3.68. The van der Waals surface area contributed by atoms with Gasteiger partial charge in [0.15, 0.2) is 0 Å². The number of aryl methyl sites for hydroxylation is 2. The maximum atomic E-state index is 12.7. The number of carbonyl (C=O) groups excluding carboxylic acids is 2. The van der Waals surface area contributed by atoms with Crippen LogP contribution in [0.4, 0.5) is 0 Å². The number of carbonyl (C=O) groups is 2. The van der Waals surface area contributed by atoms with Crippen LogP contribution in [-0.2, 0) is 71.8 Å². The first kappa shape index (κ1) is 35.4. The van der Waals surface area contributed by atoms with E-state index in [9.17, 15) is 26.4 Å². The van der Waals surface area contributed by atoms with E-state index in [4.69, 9.17) is 9.47 Å². The molecule has 0 atom stereocenters. The molecule has 0 N–H and O–H groups in total. The van der Waals surface area contributed by atoms with Crippen molar-refractivity contribution in [1.29, 1.82) is 0 Å². The minimum atomic E-state index is -3.96. The summed E-state index contributed by atoms with van der Waals surface area (Å²) in [6.45, 7) is 3.90. The molecule has 0 bridgehead atoms. The van der Waals surface area contributed by atoms with Crippen molar-refractivity contribution in [2.24, 2.45) is 0 Å². The second kappa shape index (κ2) is 16.8. The average Bonchev–Trinajstić information content (AvgIpc) is 2.91. The summed E-state index contributed by atoms with van der Waals surface area (Å²) in [5.74, 6) is -0.957. The predicted molar refractivity (Wildman–Crippen MR) is 148 cm³/mol. The molecule has 0 aromatic heterocycles. The quantitative estimate of drug-likeness (QED) is 0.408. The van der Waals surface area contributed by atoms with Gasteiger partial charge in [-0.25, -0.2) is 16.8 Å². The molecule has 1 radical (unpaired) electrons. The molecule has 1 aliphatic rings. The zero-order valence-corrected chi connectivity index (χ0v) is 27.6. The van der Waals surface area contributed by atoms with Crippen molar-refractivity contribution >= 4 is 31.9 Å². The van der Waals surface area contributed by atoms with Crippen molar-refractivity contribution in [3.8, 4) is 0 Å². The molecule has 0 aliphatic carbocycles. The van der Waals surface area contributed by atoms with Crippen LogP contribution in [0.25, 0.3) is 9.44 Å². The smallest absolute Gasteiger partial charge is 0.202 e. The Kier molecular flexibility index (Phi) is 14.5. The van der Waals surface area contributed by atoms with Gasteiger partial charge in [-0.05, 0) is 38.1 Å². The summed E-state index contributed by atoms with van der Waals surface area (Å²) >= 11 is 0. The molecule has 1 heterocycles. The molecule has 1 saturated heterocycles. The van der Waals surface area contributed by atoms with E-state index in [2.05, 4.69) is 9.44 Å². The van der Waals surface area contributed by atoms with Gasteiger partial charge < -0.3 is 28.7 Å². The molecule has 41 heavy (non-hydrogen) atoms. The number of amides is 2. The molecule has 2 aromatic carbocycles. The molecule has 3 rings (SSSR count). The third-order valence-corrected chi connectivity index (χ3v) is 8.78. The van der Waals surface area contributed by atoms with Gasteiger partial charge in [0.05, 0.1) is 26.4 Å². The normalized spacial score (nSPS) is 15.8. The van der Waals surface area contributed by atoms with E-state index < -0.39 is 45.0 Å². The monoisotopic (exact) mass is 683 g/mol. The summed E-state index contributed by atoms with van der Waals surface area (Å²) in [4.78, 5) is 28.3. The second-order valence-corrected chi connectivity index (χ2v) is 12.5. The van der Waals surface area contributed by atoms with Crippen LogP contribution in [-0.4, -0.2) is 104 Å². The molecule has 223 valence electrons. The van der Waals surface area contributed by atoms with E-state index in [1.54, 1.807) is 24.3 Å². The molecule has 0 spiro atoms. The minimum absolute atomic E-state index is 0. The van der Waals surface area contributed by atoms with Crippen LogP contribution in [0.2, 0.25) is 0 Å². The Labute approximate surface area is 267 Å². The van der Waals surface area contributed by atoms with Gasteiger partial charge in [0.25, 0.3) is 0 Å². The number of nitrogens with zero attached hydrogens (tertiary/aromatic N) is 4. The average molecular weight is 684 g/mol. The number of hydrogen-bond donors (Lipinski definition) is 0. The van der Waals surface area contributed by atoms with Gasteiger partial charge >= 0.3 is 0 Å². The Morgan fingerprint density at radius 2 is 0.927 bits per heavy atom. The van der Waals surface area contributed by atoms with Gasteiger partial charge in [-0.3, -0.25) is 9.59 Å². The molecule has 2 amide bonds. The molecular weight excluding hydrogens is 649 g/mol. The maximum Gasteiger partial charge on any atom is 0.202 e. The fourth-order valence-corrected chi connectivity index (χ4v) is 5.49. The van der Waals surface area contributed by atoms with Gasteiger partial charge in [0.1, 0.15) is 20.0 Å². The van der Waals surface area contributed by atoms with Crippen molar-refractivity contribution in [2.45, 2.75) is 23.6 Å². The largest absolute Gasteiger partial charge is 0.537 e. The van der Waals surface area contributed by atoms with E-state index in [0.29, 0.717) is 0 Å². The van der Waals surface area contributed by atoms with Gasteiger partial charge in [0.2, 0.25) is 11.8 Å². The van der Waals surface area contributed by atoms with Crippen molar-refractivity contribution in [3.63, 3.8) is 0 Å². The van der Waals surface area contributed by atoms with Crippen LogP contribution in [0, 0.1) is 13.8 Å².